The molecule has 0 saturated carbocycles. The highest BCUT2D eigenvalue weighted by molar-refractivity contribution is 7.14. The van der Waals surface area contributed by atoms with E-state index >= 15 is 0 Å². The fourth-order valence-electron chi connectivity index (χ4n) is 3.62. The summed E-state index contributed by atoms with van der Waals surface area (Å²) >= 11 is 1.48. The Hall–Kier alpha value is -2.68. The number of thiazole rings is 1. The molecule has 0 unspecified atom stereocenters. The van der Waals surface area contributed by atoms with Crippen LogP contribution in [0.4, 0.5) is 5.13 Å². The molecule has 1 fully saturated rings. The van der Waals surface area contributed by atoms with Gasteiger partial charge in [-0.05, 0) is 56.4 Å². The Morgan fingerprint density at radius 3 is 2.65 bits per heavy atom. The predicted molar refractivity (Wildman–Crippen MR) is 123 cm³/mol. The number of ether oxygens (including phenoxy) is 1. The lowest BCUT2D eigenvalue weighted by molar-refractivity contribution is 0.0957. The van der Waals surface area contributed by atoms with E-state index in [1.807, 2.05) is 29.6 Å². The number of nitrogens with zero attached hydrogens (tertiary/aromatic N) is 4. The van der Waals surface area contributed by atoms with Gasteiger partial charge in [-0.25, -0.2) is 4.98 Å². The maximum Gasteiger partial charge on any atom is 0.295 e. The first-order valence-electron chi connectivity index (χ1n) is 10.5. The molecule has 3 heterocycles. The molecule has 1 aromatic carbocycles. The molecular weight excluding hydrogens is 412 g/mol. The lowest BCUT2D eigenvalue weighted by atomic mass is 10.2. The number of likely N-dealkylation sites (N-methyl/N-ethyl adjacent to an activating group) is 1. The summed E-state index contributed by atoms with van der Waals surface area (Å²) in [7, 11) is 3.81. The first-order chi connectivity index (χ1) is 15.1. The molecule has 1 saturated heterocycles. The third kappa shape index (κ3) is 5.33. The smallest absolute Gasteiger partial charge is 0.295 e. The molecule has 1 aliphatic heterocycles. The van der Waals surface area contributed by atoms with E-state index in [0.29, 0.717) is 17.4 Å². The van der Waals surface area contributed by atoms with Crippen LogP contribution in [0.1, 0.15) is 17.0 Å². The fraction of sp³-hybridized carbons (Fsp3) is 0.391. The minimum atomic E-state index is -0.154. The Labute approximate surface area is 186 Å². The van der Waals surface area contributed by atoms with Crippen molar-refractivity contribution in [3.05, 3.63) is 53.8 Å². The van der Waals surface area contributed by atoms with Crippen molar-refractivity contribution in [3.8, 4) is 17.0 Å². The molecule has 1 amide bonds. The largest absolute Gasteiger partial charge is 0.497 e. The van der Waals surface area contributed by atoms with Gasteiger partial charge in [-0.15, -0.1) is 11.3 Å². The average Bonchev–Trinajstić information content (AvgIpc) is 3.50. The highest BCUT2D eigenvalue weighted by atomic mass is 32.1. The molecule has 7 nitrogen and oxygen atoms in total. The number of methoxy groups -OCH3 is 1. The quantitative estimate of drug-likeness (QED) is 0.532. The standard InChI is InChI=1S/C23H28N4O3S/c1-25-12-14-26(15-13-25)10-4-11-27(22(28)21-5-3-16-30-21)23-24-20(17-31-23)18-6-8-19(29-2)9-7-18/h3,5-9,16-17H,4,10-15H2,1-2H3. The Balaban J connectivity index is 1.47. The van der Waals surface area contributed by atoms with E-state index in [9.17, 15) is 4.79 Å². The fourth-order valence-corrected chi connectivity index (χ4v) is 4.48. The van der Waals surface area contributed by atoms with Gasteiger partial charge in [-0.2, -0.15) is 0 Å². The second-order valence-electron chi connectivity index (χ2n) is 7.68. The van der Waals surface area contributed by atoms with E-state index < -0.39 is 0 Å². The van der Waals surface area contributed by atoms with Gasteiger partial charge in [-0.1, -0.05) is 0 Å². The normalized spacial score (nSPS) is 15.2. The number of aromatic nitrogens is 1. The molecule has 3 aromatic rings. The van der Waals surface area contributed by atoms with Crippen molar-refractivity contribution in [2.24, 2.45) is 0 Å². The van der Waals surface area contributed by atoms with E-state index in [2.05, 4.69) is 16.8 Å². The van der Waals surface area contributed by atoms with Gasteiger partial charge in [0, 0.05) is 43.7 Å². The van der Waals surface area contributed by atoms with Crippen LogP contribution in [-0.2, 0) is 0 Å². The van der Waals surface area contributed by atoms with Gasteiger partial charge in [-0.3, -0.25) is 9.69 Å². The number of hydrogen-bond acceptors (Lipinski definition) is 7. The lowest BCUT2D eigenvalue weighted by Gasteiger charge is -2.32. The molecule has 0 N–H and O–H groups in total. The summed E-state index contributed by atoms with van der Waals surface area (Å²) in [4.78, 5) is 24.4. The number of hydrogen-bond donors (Lipinski definition) is 0. The summed E-state index contributed by atoms with van der Waals surface area (Å²) in [6.07, 6.45) is 2.41. The van der Waals surface area contributed by atoms with Gasteiger partial charge in [0.15, 0.2) is 10.9 Å². The van der Waals surface area contributed by atoms with Crippen LogP contribution in [-0.4, -0.2) is 74.1 Å². The number of amides is 1. The topological polar surface area (TPSA) is 62.1 Å². The van der Waals surface area contributed by atoms with Crippen LogP contribution in [0.3, 0.4) is 0 Å². The van der Waals surface area contributed by atoms with Gasteiger partial charge in [0.1, 0.15) is 5.75 Å². The van der Waals surface area contributed by atoms with Gasteiger partial charge in [0.2, 0.25) is 0 Å². The number of rotatable bonds is 8. The van der Waals surface area contributed by atoms with E-state index in [1.165, 1.54) is 17.6 Å². The maximum atomic E-state index is 13.1. The summed E-state index contributed by atoms with van der Waals surface area (Å²) < 4.78 is 10.6. The van der Waals surface area contributed by atoms with Gasteiger partial charge in [0.05, 0.1) is 19.1 Å². The summed E-state index contributed by atoms with van der Waals surface area (Å²) in [5.74, 6) is 0.984. The van der Waals surface area contributed by atoms with Gasteiger partial charge < -0.3 is 19.0 Å². The molecule has 4 rings (SSSR count). The third-order valence-corrected chi connectivity index (χ3v) is 6.40. The number of benzene rings is 1. The summed E-state index contributed by atoms with van der Waals surface area (Å²) in [5, 5.41) is 2.67. The minimum Gasteiger partial charge on any atom is -0.497 e. The number of piperazine rings is 1. The van der Waals surface area contributed by atoms with E-state index in [0.717, 1.165) is 56.2 Å². The molecule has 164 valence electrons. The zero-order valence-electron chi connectivity index (χ0n) is 18.0. The summed E-state index contributed by atoms with van der Waals surface area (Å²) in [6.45, 7) is 5.89. The Bertz CT molecular complexity index is 963. The molecule has 0 aliphatic carbocycles. The summed E-state index contributed by atoms with van der Waals surface area (Å²) in [6, 6.07) is 11.2. The van der Waals surface area contributed by atoms with Crippen molar-refractivity contribution < 1.29 is 13.9 Å². The van der Waals surface area contributed by atoms with Crippen LogP contribution in [0.5, 0.6) is 5.75 Å². The molecule has 0 bridgehead atoms. The van der Waals surface area contributed by atoms with Crippen LogP contribution in [0.25, 0.3) is 11.3 Å². The number of furan rings is 1. The van der Waals surface area contributed by atoms with Gasteiger partial charge in [0.25, 0.3) is 5.91 Å². The zero-order chi connectivity index (χ0) is 21.6. The number of anilines is 1. The molecular formula is C23H28N4O3S. The Kier molecular flexibility index (Phi) is 7.01. The highest BCUT2D eigenvalue weighted by Crippen LogP contribution is 2.29. The maximum absolute atomic E-state index is 13.1. The van der Waals surface area contributed by atoms with Gasteiger partial charge >= 0.3 is 0 Å². The van der Waals surface area contributed by atoms with Crippen LogP contribution in [0.2, 0.25) is 0 Å². The first-order valence-corrected chi connectivity index (χ1v) is 11.4. The summed E-state index contributed by atoms with van der Waals surface area (Å²) in [5.41, 5.74) is 1.84. The van der Waals surface area contributed by atoms with Crippen molar-refractivity contribution in [1.82, 2.24) is 14.8 Å². The average molecular weight is 441 g/mol. The molecule has 0 radical (unpaired) electrons. The van der Waals surface area contributed by atoms with Crippen molar-refractivity contribution in [2.45, 2.75) is 6.42 Å². The molecule has 1 aliphatic rings. The number of carbonyl (C=O) groups is 1. The van der Waals surface area contributed by atoms with Crippen LogP contribution < -0.4 is 9.64 Å². The van der Waals surface area contributed by atoms with Crippen molar-refractivity contribution in [1.29, 1.82) is 0 Å². The van der Waals surface area contributed by atoms with E-state index in [1.54, 1.807) is 24.1 Å². The molecule has 31 heavy (non-hydrogen) atoms. The Morgan fingerprint density at radius 2 is 1.97 bits per heavy atom. The molecule has 8 heteroatoms. The Morgan fingerprint density at radius 1 is 1.19 bits per heavy atom. The lowest BCUT2D eigenvalue weighted by Crippen LogP contribution is -2.45. The zero-order valence-corrected chi connectivity index (χ0v) is 18.8. The van der Waals surface area contributed by atoms with Crippen molar-refractivity contribution in [3.63, 3.8) is 0 Å². The third-order valence-electron chi connectivity index (χ3n) is 5.54. The predicted octanol–water partition coefficient (Wildman–Crippen LogP) is 3.70. The SMILES string of the molecule is COc1ccc(-c2csc(N(CCCN3CCN(C)CC3)C(=O)c3ccco3)n2)cc1. The van der Waals surface area contributed by atoms with Crippen LogP contribution >= 0.6 is 11.3 Å². The van der Waals surface area contributed by atoms with E-state index in [-0.39, 0.29) is 5.91 Å². The highest BCUT2D eigenvalue weighted by Gasteiger charge is 2.23. The second-order valence-corrected chi connectivity index (χ2v) is 8.51. The second kappa shape index (κ2) is 10.1. The first kappa shape index (κ1) is 21.5. The molecule has 2 aromatic heterocycles. The van der Waals surface area contributed by atoms with E-state index in [4.69, 9.17) is 14.1 Å². The monoisotopic (exact) mass is 440 g/mol. The van der Waals surface area contributed by atoms with Crippen molar-refractivity contribution >= 4 is 22.4 Å². The number of carbonyl (C=O) groups excluding carboxylic acids is 1. The van der Waals surface area contributed by atoms with Crippen LogP contribution in [0.15, 0.2) is 52.5 Å². The minimum absolute atomic E-state index is 0.154. The van der Waals surface area contributed by atoms with Crippen LogP contribution in [0, 0.1) is 0 Å². The molecule has 0 atom stereocenters. The molecule has 0 spiro atoms. The van der Waals surface area contributed by atoms with Crippen molar-refractivity contribution in [2.75, 3.05) is 58.3 Å².